The number of halogens is 2. The highest BCUT2D eigenvalue weighted by atomic mass is 19.1. The van der Waals surface area contributed by atoms with Crippen LogP contribution in [-0.4, -0.2) is 18.2 Å². The van der Waals surface area contributed by atoms with Crippen molar-refractivity contribution in [3.8, 4) is 5.75 Å². The van der Waals surface area contributed by atoms with Crippen LogP contribution in [-0.2, 0) is 4.79 Å². The summed E-state index contributed by atoms with van der Waals surface area (Å²) in [6.07, 6.45) is 0.226. The van der Waals surface area contributed by atoms with E-state index in [9.17, 15) is 13.6 Å². The minimum atomic E-state index is -1.14. The van der Waals surface area contributed by atoms with E-state index in [1.807, 2.05) is 0 Å². The third-order valence-corrected chi connectivity index (χ3v) is 2.82. The van der Waals surface area contributed by atoms with Crippen LogP contribution in [0.5, 0.6) is 5.75 Å². The molecule has 0 amide bonds. The molecule has 0 aromatic heterocycles. The number of carboxylic acids is 1. The lowest BCUT2D eigenvalue weighted by Gasteiger charge is -2.20. The second kappa shape index (κ2) is 5.77. The van der Waals surface area contributed by atoms with Gasteiger partial charge in [0.05, 0.1) is 13.0 Å². The molecule has 1 aromatic rings. The monoisotopic (exact) mass is 259 g/mol. The zero-order valence-corrected chi connectivity index (χ0v) is 10.1. The van der Waals surface area contributed by atoms with Gasteiger partial charge in [-0.1, -0.05) is 6.92 Å². The predicted octanol–water partition coefficient (Wildman–Crippen LogP) is 2.08. The molecule has 0 bridgehead atoms. The summed E-state index contributed by atoms with van der Waals surface area (Å²) in [5, 5.41) is 8.95. The smallest absolute Gasteiger partial charge is 0.308 e. The van der Waals surface area contributed by atoms with Gasteiger partial charge in [-0.15, -0.1) is 0 Å². The molecule has 2 unspecified atom stereocenters. The highest BCUT2D eigenvalue weighted by molar-refractivity contribution is 5.71. The van der Waals surface area contributed by atoms with Gasteiger partial charge in [-0.3, -0.25) is 4.79 Å². The van der Waals surface area contributed by atoms with Crippen molar-refractivity contribution in [1.82, 2.24) is 0 Å². The van der Waals surface area contributed by atoms with Crippen molar-refractivity contribution in [2.45, 2.75) is 19.4 Å². The normalized spacial score (nSPS) is 14.1. The van der Waals surface area contributed by atoms with Crippen molar-refractivity contribution in [1.29, 1.82) is 0 Å². The molecular formula is C12H15F2NO3. The molecule has 1 aromatic carbocycles. The summed E-state index contributed by atoms with van der Waals surface area (Å²) in [4.78, 5) is 10.9. The third-order valence-electron chi connectivity index (χ3n) is 2.82. The van der Waals surface area contributed by atoms with Crippen LogP contribution in [0.1, 0.15) is 24.9 Å². The maximum Gasteiger partial charge on any atom is 0.308 e. The van der Waals surface area contributed by atoms with Gasteiger partial charge in [-0.25, -0.2) is 8.78 Å². The van der Waals surface area contributed by atoms with E-state index in [2.05, 4.69) is 4.74 Å². The van der Waals surface area contributed by atoms with Crippen molar-refractivity contribution in [3.63, 3.8) is 0 Å². The lowest BCUT2D eigenvalue weighted by Crippen LogP contribution is -2.28. The lowest BCUT2D eigenvalue weighted by molar-refractivity contribution is -0.142. The number of carbonyl (C=O) groups is 1. The van der Waals surface area contributed by atoms with Crippen LogP contribution in [0.25, 0.3) is 0 Å². The van der Waals surface area contributed by atoms with Crippen LogP contribution >= 0.6 is 0 Å². The van der Waals surface area contributed by atoms with Crippen molar-refractivity contribution in [2.24, 2.45) is 11.7 Å². The Morgan fingerprint density at radius 3 is 2.50 bits per heavy atom. The van der Waals surface area contributed by atoms with Gasteiger partial charge < -0.3 is 15.6 Å². The summed E-state index contributed by atoms with van der Waals surface area (Å²) < 4.78 is 31.8. The summed E-state index contributed by atoms with van der Waals surface area (Å²) in [7, 11) is 1.21. The van der Waals surface area contributed by atoms with Crippen LogP contribution in [0.15, 0.2) is 12.1 Å². The van der Waals surface area contributed by atoms with Crippen molar-refractivity contribution in [3.05, 3.63) is 29.3 Å². The number of aliphatic carboxylic acids is 1. The van der Waals surface area contributed by atoms with E-state index in [0.29, 0.717) is 0 Å². The van der Waals surface area contributed by atoms with E-state index in [4.69, 9.17) is 10.8 Å². The van der Waals surface area contributed by atoms with Gasteiger partial charge in [0.25, 0.3) is 0 Å². The first kappa shape index (κ1) is 14.4. The van der Waals surface area contributed by atoms with E-state index in [1.54, 1.807) is 6.92 Å². The molecule has 18 heavy (non-hydrogen) atoms. The standard InChI is InChI=1S/C12H15F2NO3/c1-3-6(12(16)17)11(15)7-4-9(14)10(18-2)5-8(7)13/h4-6,11H,3,15H2,1-2H3,(H,16,17). The van der Waals surface area contributed by atoms with Gasteiger partial charge in [-0.2, -0.15) is 0 Å². The Kier molecular flexibility index (Phi) is 4.61. The van der Waals surface area contributed by atoms with E-state index >= 15 is 0 Å². The maximum absolute atomic E-state index is 13.7. The summed E-state index contributed by atoms with van der Waals surface area (Å²) in [5.74, 6) is -3.90. The van der Waals surface area contributed by atoms with Crippen LogP contribution in [0.2, 0.25) is 0 Å². The second-order valence-corrected chi connectivity index (χ2v) is 3.89. The quantitative estimate of drug-likeness (QED) is 0.849. The molecule has 0 spiro atoms. The number of rotatable bonds is 5. The van der Waals surface area contributed by atoms with Crippen LogP contribution in [0.3, 0.4) is 0 Å². The molecule has 0 saturated carbocycles. The molecule has 0 heterocycles. The first-order chi connectivity index (χ1) is 8.42. The number of methoxy groups -OCH3 is 1. The number of ether oxygens (including phenoxy) is 1. The molecule has 0 radical (unpaired) electrons. The summed E-state index contributed by atoms with van der Waals surface area (Å²) in [6, 6.07) is 0.636. The number of hydrogen-bond donors (Lipinski definition) is 2. The topological polar surface area (TPSA) is 72.5 Å². The van der Waals surface area contributed by atoms with Gasteiger partial charge in [0.15, 0.2) is 11.6 Å². The molecule has 100 valence electrons. The molecule has 0 saturated heterocycles. The minimum absolute atomic E-state index is 0.164. The first-order valence-electron chi connectivity index (χ1n) is 5.43. The Balaban J connectivity index is 3.16. The fourth-order valence-electron chi connectivity index (χ4n) is 1.75. The summed E-state index contributed by atoms with van der Waals surface area (Å²) in [6.45, 7) is 1.62. The lowest BCUT2D eigenvalue weighted by atomic mass is 9.91. The third kappa shape index (κ3) is 2.76. The Bertz CT molecular complexity index is 451. The molecular weight excluding hydrogens is 244 g/mol. The van der Waals surface area contributed by atoms with Crippen LogP contribution in [0.4, 0.5) is 8.78 Å². The highest BCUT2D eigenvalue weighted by Crippen LogP contribution is 2.29. The Hall–Kier alpha value is -1.69. The maximum atomic E-state index is 13.7. The molecule has 0 aliphatic rings. The Labute approximate surface area is 103 Å². The molecule has 1 rings (SSSR count). The van der Waals surface area contributed by atoms with Gasteiger partial charge >= 0.3 is 5.97 Å². The fourth-order valence-corrected chi connectivity index (χ4v) is 1.75. The second-order valence-electron chi connectivity index (χ2n) is 3.89. The Morgan fingerprint density at radius 1 is 1.44 bits per heavy atom. The summed E-state index contributed by atoms with van der Waals surface area (Å²) in [5.41, 5.74) is 5.52. The van der Waals surface area contributed by atoms with E-state index in [1.165, 1.54) is 7.11 Å². The number of nitrogens with two attached hydrogens (primary N) is 1. The molecule has 0 aliphatic carbocycles. The average molecular weight is 259 g/mol. The molecule has 4 nitrogen and oxygen atoms in total. The van der Waals surface area contributed by atoms with Crippen molar-refractivity contribution in [2.75, 3.05) is 7.11 Å². The minimum Gasteiger partial charge on any atom is -0.494 e. The predicted molar refractivity (Wildman–Crippen MR) is 61.3 cm³/mol. The van der Waals surface area contributed by atoms with Crippen molar-refractivity contribution < 1.29 is 23.4 Å². The van der Waals surface area contributed by atoms with E-state index in [0.717, 1.165) is 12.1 Å². The number of benzene rings is 1. The molecule has 0 aliphatic heterocycles. The molecule has 0 fully saturated rings. The molecule has 2 atom stereocenters. The van der Waals surface area contributed by atoms with Crippen LogP contribution in [0, 0.1) is 17.6 Å². The van der Waals surface area contributed by atoms with Gasteiger partial charge in [0.2, 0.25) is 0 Å². The van der Waals surface area contributed by atoms with Gasteiger partial charge in [-0.05, 0) is 12.5 Å². The zero-order chi connectivity index (χ0) is 13.9. The van der Waals surface area contributed by atoms with Crippen molar-refractivity contribution >= 4 is 5.97 Å². The zero-order valence-electron chi connectivity index (χ0n) is 10.1. The average Bonchev–Trinajstić information content (AvgIpc) is 2.31. The Morgan fingerprint density at radius 2 is 2.06 bits per heavy atom. The number of hydrogen-bond acceptors (Lipinski definition) is 3. The van der Waals surface area contributed by atoms with Crippen LogP contribution < -0.4 is 10.5 Å². The highest BCUT2D eigenvalue weighted by Gasteiger charge is 2.27. The SMILES string of the molecule is CCC(C(=O)O)C(N)c1cc(F)c(OC)cc1F. The van der Waals surface area contributed by atoms with E-state index in [-0.39, 0.29) is 17.7 Å². The van der Waals surface area contributed by atoms with Gasteiger partial charge in [0.1, 0.15) is 5.82 Å². The number of carboxylic acid groups (broad SMARTS) is 1. The van der Waals surface area contributed by atoms with Gasteiger partial charge in [0, 0.05) is 17.7 Å². The first-order valence-corrected chi connectivity index (χ1v) is 5.43. The van der Waals surface area contributed by atoms with E-state index < -0.39 is 29.6 Å². The largest absolute Gasteiger partial charge is 0.494 e. The molecule has 6 heteroatoms. The molecule has 3 N–H and O–H groups in total. The fraction of sp³-hybridized carbons (Fsp3) is 0.417. The summed E-state index contributed by atoms with van der Waals surface area (Å²) >= 11 is 0.